The van der Waals surface area contributed by atoms with Crippen LogP contribution in [0.3, 0.4) is 0 Å². The summed E-state index contributed by atoms with van der Waals surface area (Å²) in [6.45, 7) is 1.72. The average molecular weight is 227 g/mol. The zero-order chi connectivity index (χ0) is 12.7. The van der Waals surface area contributed by atoms with Crippen molar-refractivity contribution in [1.29, 1.82) is 0 Å². The molecule has 0 aromatic heterocycles. The fourth-order valence-corrected chi connectivity index (χ4v) is 0.654. The van der Waals surface area contributed by atoms with Crippen LogP contribution in [0.1, 0.15) is 17.3 Å². The first kappa shape index (κ1) is 14.4. The third-order valence-corrected chi connectivity index (χ3v) is 1.88. The van der Waals surface area contributed by atoms with Crippen LogP contribution in [0.4, 0.5) is 0 Å². The Morgan fingerprint density at radius 1 is 1.31 bits per heavy atom. The molecule has 1 aromatic rings. The Morgan fingerprint density at radius 3 is 2.00 bits per heavy atom. The van der Waals surface area contributed by atoms with Crippen molar-refractivity contribution in [3.63, 3.8) is 0 Å². The van der Waals surface area contributed by atoms with E-state index < -0.39 is 5.97 Å². The second-order valence-corrected chi connectivity index (χ2v) is 3.42. The molecule has 0 heterocycles. The largest absolute Gasteiger partial charge is 0.507 e. The van der Waals surface area contributed by atoms with Gasteiger partial charge in [0.25, 0.3) is 0 Å². The number of rotatable bonds is 2. The van der Waals surface area contributed by atoms with Crippen LogP contribution in [0.5, 0.6) is 5.75 Å². The van der Waals surface area contributed by atoms with Gasteiger partial charge in [-0.2, -0.15) is 0 Å². The van der Waals surface area contributed by atoms with E-state index in [0.29, 0.717) is 0 Å². The van der Waals surface area contributed by atoms with Gasteiger partial charge >= 0.3 is 5.97 Å². The van der Waals surface area contributed by atoms with E-state index in [1.165, 1.54) is 12.1 Å². The molecule has 90 valence electrons. The number of aromatic carboxylic acids is 1. The number of hydrogen-bond donors (Lipinski definition) is 3. The SMILES string of the molecule is CC(O)N(C)C.O=C(O)c1ccccc1O. The van der Waals surface area contributed by atoms with Crippen molar-refractivity contribution < 1.29 is 20.1 Å². The average Bonchev–Trinajstić information content (AvgIpc) is 2.18. The Labute approximate surface area is 94.6 Å². The van der Waals surface area contributed by atoms with E-state index in [9.17, 15) is 4.79 Å². The van der Waals surface area contributed by atoms with E-state index >= 15 is 0 Å². The summed E-state index contributed by atoms with van der Waals surface area (Å²) < 4.78 is 0. The maximum absolute atomic E-state index is 10.3. The van der Waals surface area contributed by atoms with Crippen LogP contribution in [-0.4, -0.2) is 46.5 Å². The highest BCUT2D eigenvalue weighted by molar-refractivity contribution is 5.90. The maximum atomic E-state index is 10.3. The van der Waals surface area contributed by atoms with E-state index in [4.69, 9.17) is 15.3 Å². The van der Waals surface area contributed by atoms with Crippen molar-refractivity contribution in [2.75, 3.05) is 14.1 Å². The van der Waals surface area contributed by atoms with Gasteiger partial charge in [-0.1, -0.05) is 12.1 Å². The standard InChI is InChI=1S/C7H6O3.C4H11NO/c8-6-4-2-1-3-5(6)7(9)10;1-4(6)5(2)3/h1-4,8H,(H,9,10);4,6H,1-3H3. The predicted octanol–water partition coefficient (Wildman–Crippen LogP) is 0.977. The molecule has 1 atom stereocenters. The number of carboxylic acids is 1. The topological polar surface area (TPSA) is 81.0 Å². The highest BCUT2D eigenvalue weighted by atomic mass is 16.4. The Kier molecular flexibility index (Phi) is 6.14. The first-order valence-electron chi connectivity index (χ1n) is 4.72. The fraction of sp³-hybridized carbons (Fsp3) is 0.364. The molecule has 1 rings (SSSR count). The Hall–Kier alpha value is -1.59. The van der Waals surface area contributed by atoms with E-state index in [1.54, 1.807) is 24.0 Å². The Balaban J connectivity index is 0.000000325. The number of aromatic hydroxyl groups is 1. The molecule has 0 saturated heterocycles. The molecule has 0 amide bonds. The summed E-state index contributed by atoms with van der Waals surface area (Å²) in [5.41, 5.74) is -0.0671. The number of carbonyl (C=O) groups is 1. The molecule has 5 nitrogen and oxygen atoms in total. The molecule has 0 fully saturated rings. The Morgan fingerprint density at radius 2 is 1.75 bits per heavy atom. The van der Waals surface area contributed by atoms with E-state index in [2.05, 4.69) is 0 Å². The molecule has 3 N–H and O–H groups in total. The van der Waals surface area contributed by atoms with Crippen molar-refractivity contribution in [1.82, 2.24) is 4.90 Å². The van der Waals surface area contributed by atoms with Gasteiger partial charge in [0.15, 0.2) is 0 Å². The van der Waals surface area contributed by atoms with E-state index in [-0.39, 0.29) is 17.5 Å². The van der Waals surface area contributed by atoms with Gasteiger partial charge in [0.1, 0.15) is 17.5 Å². The summed E-state index contributed by atoms with van der Waals surface area (Å²) >= 11 is 0. The highest BCUT2D eigenvalue weighted by Gasteiger charge is 2.05. The van der Waals surface area contributed by atoms with Gasteiger partial charge in [-0.25, -0.2) is 4.79 Å². The summed E-state index contributed by atoms with van der Waals surface area (Å²) in [5, 5.41) is 25.9. The van der Waals surface area contributed by atoms with Crippen LogP contribution in [-0.2, 0) is 0 Å². The third-order valence-electron chi connectivity index (χ3n) is 1.88. The van der Waals surface area contributed by atoms with Gasteiger partial charge in [0.2, 0.25) is 0 Å². The number of carboxylic acid groups (broad SMARTS) is 1. The minimum Gasteiger partial charge on any atom is -0.507 e. The first-order valence-corrected chi connectivity index (χ1v) is 4.72. The molecule has 1 unspecified atom stereocenters. The van der Waals surface area contributed by atoms with Gasteiger partial charge in [-0.3, -0.25) is 4.90 Å². The number of benzene rings is 1. The summed E-state index contributed by atoms with van der Waals surface area (Å²) in [7, 11) is 3.65. The zero-order valence-electron chi connectivity index (χ0n) is 9.58. The lowest BCUT2D eigenvalue weighted by molar-refractivity contribution is 0.0578. The second-order valence-electron chi connectivity index (χ2n) is 3.42. The lowest BCUT2D eigenvalue weighted by Gasteiger charge is -2.11. The van der Waals surface area contributed by atoms with Crippen LogP contribution in [0.25, 0.3) is 0 Å². The molecule has 0 saturated carbocycles. The van der Waals surface area contributed by atoms with Crippen molar-refractivity contribution in [2.45, 2.75) is 13.2 Å². The monoisotopic (exact) mass is 227 g/mol. The molecule has 0 bridgehead atoms. The molecular weight excluding hydrogens is 210 g/mol. The minimum atomic E-state index is -1.11. The lowest BCUT2D eigenvalue weighted by atomic mass is 10.2. The third kappa shape index (κ3) is 5.33. The highest BCUT2D eigenvalue weighted by Crippen LogP contribution is 2.14. The zero-order valence-corrected chi connectivity index (χ0v) is 9.58. The molecule has 0 radical (unpaired) electrons. The van der Waals surface area contributed by atoms with Crippen molar-refractivity contribution >= 4 is 5.97 Å². The number of hydrogen-bond acceptors (Lipinski definition) is 4. The molecule has 16 heavy (non-hydrogen) atoms. The predicted molar refractivity (Wildman–Crippen MR) is 60.4 cm³/mol. The van der Waals surface area contributed by atoms with Crippen molar-refractivity contribution in [2.24, 2.45) is 0 Å². The summed E-state index contributed by atoms with van der Waals surface area (Å²) in [5.74, 6) is -1.31. The van der Waals surface area contributed by atoms with Crippen LogP contribution >= 0.6 is 0 Å². The summed E-state index contributed by atoms with van der Waals surface area (Å²) in [4.78, 5) is 12.0. The smallest absolute Gasteiger partial charge is 0.339 e. The van der Waals surface area contributed by atoms with Gasteiger partial charge in [0.05, 0.1) is 0 Å². The van der Waals surface area contributed by atoms with Gasteiger partial charge in [0, 0.05) is 0 Å². The first-order chi connectivity index (χ1) is 7.36. The molecule has 0 aliphatic carbocycles. The molecule has 1 aromatic carbocycles. The fourth-order valence-electron chi connectivity index (χ4n) is 0.654. The van der Waals surface area contributed by atoms with Crippen LogP contribution < -0.4 is 0 Å². The van der Waals surface area contributed by atoms with Gasteiger partial charge in [-0.05, 0) is 33.2 Å². The van der Waals surface area contributed by atoms with Gasteiger partial charge in [-0.15, -0.1) is 0 Å². The molecule has 5 heteroatoms. The molecule has 0 aliphatic rings. The molecule has 0 aliphatic heterocycles. The van der Waals surface area contributed by atoms with Gasteiger partial charge < -0.3 is 15.3 Å². The second kappa shape index (κ2) is 6.81. The molecule has 0 spiro atoms. The number of nitrogens with zero attached hydrogens (tertiary/aromatic N) is 1. The quantitative estimate of drug-likeness (QED) is 0.656. The lowest BCUT2D eigenvalue weighted by Crippen LogP contribution is -2.23. The number of aliphatic hydroxyl groups excluding tert-OH is 1. The number of aliphatic hydroxyl groups is 1. The number of phenols is 1. The van der Waals surface area contributed by atoms with Crippen LogP contribution in [0.15, 0.2) is 24.3 Å². The Bertz CT molecular complexity index is 331. The summed E-state index contributed by atoms with van der Waals surface area (Å²) in [6.07, 6.45) is -0.315. The van der Waals surface area contributed by atoms with Crippen molar-refractivity contribution in [3.8, 4) is 5.75 Å². The van der Waals surface area contributed by atoms with Crippen LogP contribution in [0.2, 0.25) is 0 Å². The van der Waals surface area contributed by atoms with Crippen molar-refractivity contribution in [3.05, 3.63) is 29.8 Å². The number of para-hydroxylation sites is 1. The molecular formula is C11H17NO4. The van der Waals surface area contributed by atoms with E-state index in [0.717, 1.165) is 0 Å². The van der Waals surface area contributed by atoms with E-state index in [1.807, 2.05) is 14.1 Å². The minimum absolute atomic E-state index is 0.0671. The van der Waals surface area contributed by atoms with Crippen LogP contribution in [0, 0.1) is 0 Å². The maximum Gasteiger partial charge on any atom is 0.339 e. The normalized spacial score (nSPS) is 11.6. The summed E-state index contributed by atoms with van der Waals surface area (Å²) in [6, 6.07) is 5.81.